The van der Waals surface area contributed by atoms with Gasteiger partial charge in [-0.25, -0.2) is 0 Å². The molecule has 1 aliphatic rings. The van der Waals surface area contributed by atoms with E-state index in [0.29, 0.717) is 12.8 Å². The Morgan fingerprint density at radius 2 is 1.88 bits per heavy atom. The highest BCUT2D eigenvalue weighted by atomic mass is 16.5. The zero-order chi connectivity index (χ0) is 12.4. The Kier molecular flexibility index (Phi) is 8.87. The Balaban J connectivity index is 0.000000325. The summed E-state index contributed by atoms with van der Waals surface area (Å²) in [6.45, 7) is 4.46. The molecule has 1 aliphatic carbocycles. The summed E-state index contributed by atoms with van der Waals surface area (Å²) in [6, 6.07) is 0. The van der Waals surface area contributed by atoms with E-state index in [1.807, 2.05) is 0 Å². The fourth-order valence-electron chi connectivity index (χ4n) is 1.71. The summed E-state index contributed by atoms with van der Waals surface area (Å²) in [4.78, 5) is 21.7. The molecule has 0 aliphatic heterocycles. The molecule has 1 fully saturated rings. The van der Waals surface area contributed by atoms with Crippen molar-refractivity contribution < 1.29 is 14.3 Å². The third-order valence-corrected chi connectivity index (χ3v) is 2.75. The topological polar surface area (TPSA) is 43.4 Å². The van der Waals surface area contributed by atoms with Crippen LogP contribution in [-0.4, -0.2) is 18.9 Å². The first-order valence-electron chi connectivity index (χ1n) is 6.27. The quantitative estimate of drug-likeness (QED) is 0.422. The van der Waals surface area contributed by atoms with E-state index >= 15 is 0 Å². The van der Waals surface area contributed by atoms with Crippen LogP contribution in [0.25, 0.3) is 0 Å². The SMILES string of the molecule is CCCCCC.COC(=O)C1CCCC1=O. The molecule has 0 spiro atoms. The number of ether oxygens (including phenoxy) is 1. The number of hydrogen-bond donors (Lipinski definition) is 0. The van der Waals surface area contributed by atoms with Gasteiger partial charge < -0.3 is 4.74 Å². The molecule has 94 valence electrons. The van der Waals surface area contributed by atoms with Crippen molar-refractivity contribution >= 4 is 11.8 Å². The van der Waals surface area contributed by atoms with E-state index in [0.717, 1.165) is 6.42 Å². The number of ketones is 1. The minimum atomic E-state index is -0.454. The van der Waals surface area contributed by atoms with E-state index < -0.39 is 5.92 Å². The van der Waals surface area contributed by atoms with Gasteiger partial charge in [-0.3, -0.25) is 9.59 Å². The van der Waals surface area contributed by atoms with Crippen LogP contribution in [0.4, 0.5) is 0 Å². The van der Waals surface area contributed by atoms with Crippen LogP contribution in [0.1, 0.15) is 58.8 Å². The highest BCUT2D eigenvalue weighted by Gasteiger charge is 2.31. The average Bonchev–Trinajstić information content (AvgIpc) is 2.72. The molecule has 0 aromatic rings. The van der Waals surface area contributed by atoms with Gasteiger partial charge in [0.05, 0.1) is 7.11 Å². The molecule has 0 saturated heterocycles. The van der Waals surface area contributed by atoms with E-state index in [1.54, 1.807) is 0 Å². The van der Waals surface area contributed by atoms with Gasteiger partial charge in [0.1, 0.15) is 11.7 Å². The van der Waals surface area contributed by atoms with Crippen LogP contribution in [0.15, 0.2) is 0 Å². The number of carbonyl (C=O) groups is 2. The number of rotatable bonds is 4. The highest BCUT2D eigenvalue weighted by molar-refractivity contribution is 6.00. The van der Waals surface area contributed by atoms with Crippen molar-refractivity contribution in [1.82, 2.24) is 0 Å². The molecule has 1 rings (SSSR count). The van der Waals surface area contributed by atoms with Gasteiger partial charge in [0.25, 0.3) is 0 Å². The van der Waals surface area contributed by atoms with Gasteiger partial charge >= 0.3 is 5.97 Å². The van der Waals surface area contributed by atoms with Crippen LogP contribution >= 0.6 is 0 Å². The maximum absolute atomic E-state index is 10.9. The van der Waals surface area contributed by atoms with E-state index in [4.69, 9.17) is 0 Å². The summed E-state index contributed by atoms with van der Waals surface area (Å²) in [5.41, 5.74) is 0. The third kappa shape index (κ3) is 5.89. The zero-order valence-corrected chi connectivity index (χ0v) is 10.8. The van der Waals surface area contributed by atoms with Crippen LogP contribution in [-0.2, 0) is 14.3 Å². The Hall–Kier alpha value is -0.860. The van der Waals surface area contributed by atoms with Crippen molar-refractivity contribution in [1.29, 1.82) is 0 Å². The van der Waals surface area contributed by atoms with Gasteiger partial charge in [0.2, 0.25) is 0 Å². The molecule has 3 heteroatoms. The van der Waals surface area contributed by atoms with Crippen LogP contribution in [0.5, 0.6) is 0 Å². The molecule has 1 atom stereocenters. The van der Waals surface area contributed by atoms with Crippen molar-refractivity contribution in [3.05, 3.63) is 0 Å². The molecule has 0 aromatic heterocycles. The number of hydrogen-bond acceptors (Lipinski definition) is 3. The molecule has 1 unspecified atom stereocenters. The number of Topliss-reactive ketones (excluding diaryl/α,β-unsaturated/α-hetero) is 1. The molecule has 0 amide bonds. The average molecular weight is 228 g/mol. The van der Waals surface area contributed by atoms with Crippen molar-refractivity contribution in [2.24, 2.45) is 5.92 Å². The zero-order valence-electron chi connectivity index (χ0n) is 10.8. The maximum Gasteiger partial charge on any atom is 0.316 e. The van der Waals surface area contributed by atoms with Crippen LogP contribution in [0.2, 0.25) is 0 Å². The van der Waals surface area contributed by atoms with Gasteiger partial charge in [0, 0.05) is 6.42 Å². The van der Waals surface area contributed by atoms with Gasteiger partial charge in [-0.2, -0.15) is 0 Å². The summed E-state index contributed by atoms with van der Waals surface area (Å²) in [5.74, 6) is -0.792. The predicted molar refractivity (Wildman–Crippen MR) is 64.2 cm³/mol. The monoisotopic (exact) mass is 228 g/mol. The fourth-order valence-corrected chi connectivity index (χ4v) is 1.71. The Bertz CT molecular complexity index is 207. The van der Waals surface area contributed by atoms with Crippen molar-refractivity contribution in [2.45, 2.75) is 58.8 Å². The summed E-state index contributed by atoms with van der Waals surface area (Å²) in [5, 5.41) is 0. The van der Waals surface area contributed by atoms with Gasteiger partial charge in [-0.1, -0.05) is 39.5 Å². The van der Waals surface area contributed by atoms with Crippen LogP contribution in [0, 0.1) is 5.92 Å². The standard InChI is InChI=1S/C7H10O3.C6H14/c1-10-7(9)5-3-2-4-6(5)8;1-3-5-6-4-2/h5H,2-4H2,1H3;3-6H2,1-2H3. The van der Waals surface area contributed by atoms with Crippen LogP contribution in [0.3, 0.4) is 0 Å². The van der Waals surface area contributed by atoms with Crippen molar-refractivity contribution in [3.8, 4) is 0 Å². The van der Waals surface area contributed by atoms with E-state index in [9.17, 15) is 9.59 Å². The van der Waals surface area contributed by atoms with Gasteiger partial charge in [-0.05, 0) is 12.8 Å². The maximum atomic E-state index is 10.9. The Labute approximate surface area is 98.6 Å². The minimum Gasteiger partial charge on any atom is -0.468 e. The Morgan fingerprint density at radius 3 is 2.19 bits per heavy atom. The molecule has 1 saturated carbocycles. The molecule has 0 aromatic carbocycles. The summed E-state index contributed by atoms with van der Waals surface area (Å²) in [6.07, 6.45) is 7.58. The molecule has 0 bridgehead atoms. The number of carbonyl (C=O) groups excluding carboxylic acids is 2. The van der Waals surface area contributed by atoms with Crippen molar-refractivity contribution in [3.63, 3.8) is 0 Å². The predicted octanol–water partition coefficient (Wildman–Crippen LogP) is 3.12. The van der Waals surface area contributed by atoms with E-state index in [2.05, 4.69) is 18.6 Å². The lowest BCUT2D eigenvalue weighted by molar-refractivity contribution is -0.148. The molecule has 16 heavy (non-hydrogen) atoms. The smallest absolute Gasteiger partial charge is 0.316 e. The van der Waals surface area contributed by atoms with E-state index in [1.165, 1.54) is 32.8 Å². The normalized spacial score (nSPS) is 18.9. The van der Waals surface area contributed by atoms with Gasteiger partial charge in [-0.15, -0.1) is 0 Å². The highest BCUT2D eigenvalue weighted by Crippen LogP contribution is 2.21. The second-order valence-corrected chi connectivity index (χ2v) is 4.14. The third-order valence-electron chi connectivity index (χ3n) is 2.75. The second kappa shape index (κ2) is 9.37. The molecule has 0 N–H and O–H groups in total. The summed E-state index contributed by atoms with van der Waals surface area (Å²) < 4.78 is 4.44. The second-order valence-electron chi connectivity index (χ2n) is 4.14. The van der Waals surface area contributed by atoms with E-state index in [-0.39, 0.29) is 11.8 Å². The molecular formula is C13H24O3. The lowest BCUT2D eigenvalue weighted by Gasteiger charge is -2.02. The lowest BCUT2D eigenvalue weighted by atomic mass is 10.1. The largest absolute Gasteiger partial charge is 0.468 e. The van der Waals surface area contributed by atoms with Crippen LogP contribution < -0.4 is 0 Å². The first-order chi connectivity index (χ1) is 7.67. The molecular weight excluding hydrogens is 204 g/mol. The summed E-state index contributed by atoms with van der Waals surface area (Å²) >= 11 is 0. The minimum absolute atomic E-state index is 0.0341. The lowest BCUT2D eigenvalue weighted by Crippen LogP contribution is -2.19. The molecule has 3 nitrogen and oxygen atoms in total. The molecule has 0 heterocycles. The first kappa shape index (κ1) is 15.1. The first-order valence-corrected chi connectivity index (χ1v) is 6.27. The number of esters is 1. The summed E-state index contributed by atoms with van der Waals surface area (Å²) in [7, 11) is 1.31. The number of unbranched alkanes of at least 4 members (excludes halogenated alkanes) is 3. The van der Waals surface area contributed by atoms with Crippen molar-refractivity contribution in [2.75, 3.05) is 7.11 Å². The molecule has 0 radical (unpaired) electrons. The van der Waals surface area contributed by atoms with Gasteiger partial charge in [0.15, 0.2) is 0 Å². The fraction of sp³-hybridized carbons (Fsp3) is 0.846. The Morgan fingerprint density at radius 1 is 1.31 bits per heavy atom. The number of methoxy groups -OCH3 is 1.